The van der Waals surface area contributed by atoms with Gasteiger partial charge in [0.15, 0.2) is 0 Å². The quantitative estimate of drug-likeness (QED) is 0.641. The van der Waals surface area contributed by atoms with Gasteiger partial charge in [-0.2, -0.15) is 0 Å². The minimum Gasteiger partial charge on any atom is -0.398 e. The molecule has 1 aliphatic carbocycles. The molecule has 0 radical (unpaired) electrons. The van der Waals surface area contributed by atoms with Gasteiger partial charge in [0.25, 0.3) is 0 Å². The number of aryl methyl sites for hydroxylation is 1. The van der Waals surface area contributed by atoms with Crippen molar-refractivity contribution in [3.05, 3.63) is 47.5 Å². The molecule has 0 aliphatic heterocycles. The van der Waals surface area contributed by atoms with Crippen molar-refractivity contribution < 1.29 is 0 Å². The lowest BCUT2D eigenvalue weighted by molar-refractivity contribution is 0.997. The Balaban J connectivity index is 2.42. The van der Waals surface area contributed by atoms with Gasteiger partial charge in [0.2, 0.25) is 0 Å². The number of benzene rings is 2. The van der Waals surface area contributed by atoms with E-state index in [1.54, 1.807) is 0 Å². The second-order valence-electron chi connectivity index (χ2n) is 4.02. The summed E-state index contributed by atoms with van der Waals surface area (Å²) >= 11 is 0. The molecule has 0 fully saturated rings. The third kappa shape index (κ3) is 1.23. The van der Waals surface area contributed by atoms with E-state index in [1.807, 2.05) is 12.1 Å². The molecule has 1 heteroatoms. The molecule has 0 saturated heterocycles. The van der Waals surface area contributed by atoms with Crippen molar-refractivity contribution in [2.24, 2.45) is 0 Å². The number of fused-ring (bicyclic) bond motifs is 3. The Morgan fingerprint density at radius 2 is 1.93 bits per heavy atom. The van der Waals surface area contributed by atoms with E-state index in [2.05, 4.69) is 30.4 Å². The van der Waals surface area contributed by atoms with Crippen LogP contribution in [0.1, 0.15) is 17.5 Å². The SMILES string of the molecule is Nc1cccc2c3c(ccc12)C=CCC3. The fourth-order valence-electron chi connectivity index (χ4n) is 2.33. The molecule has 15 heavy (non-hydrogen) atoms. The van der Waals surface area contributed by atoms with Crippen LogP contribution in [-0.4, -0.2) is 0 Å². The van der Waals surface area contributed by atoms with Gasteiger partial charge < -0.3 is 5.73 Å². The molecule has 0 bridgehead atoms. The van der Waals surface area contributed by atoms with Crippen LogP contribution in [0.15, 0.2) is 36.4 Å². The van der Waals surface area contributed by atoms with Gasteiger partial charge in [0.1, 0.15) is 0 Å². The fourth-order valence-corrected chi connectivity index (χ4v) is 2.33. The predicted octanol–water partition coefficient (Wildman–Crippen LogP) is 3.38. The molecule has 74 valence electrons. The van der Waals surface area contributed by atoms with Gasteiger partial charge in [0.05, 0.1) is 0 Å². The molecule has 2 aromatic carbocycles. The van der Waals surface area contributed by atoms with Crippen LogP contribution >= 0.6 is 0 Å². The lowest BCUT2D eigenvalue weighted by Crippen LogP contribution is -1.96. The van der Waals surface area contributed by atoms with Crippen molar-refractivity contribution in [2.45, 2.75) is 12.8 Å². The minimum atomic E-state index is 0.879. The smallest absolute Gasteiger partial charge is 0.0393 e. The molecule has 2 aromatic rings. The van der Waals surface area contributed by atoms with E-state index in [-0.39, 0.29) is 0 Å². The molecule has 1 aliphatic rings. The van der Waals surface area contributed by atoms with Crippen molar-refractivity contribution in [1.82, 2.24) is 0 Å². The third-order valence-electron chi connectivity index (χ3n) is 3.10. The average Bonchev–Trinajstić information content (AvgIpc) is 2.29. The molecule has 0 amide bonds. The van der Waals surface area contributed by atoms with Crippen molar-refractivity contribution in [3.8, 4) is 0 Å². The maximum atomic E-state index is 5.97. The molecule has 1 nitrogen and oxygen atoms in total. The van der Waals surface area contributed by atoms with Crippen LogP contribution in [0.2, 0.25) is 0 Å². The first kappa shape index (κ1) is 8.54. The summed E-state index contributed by atoms with van der Waals surface area (Å²) in [6.45, 7) is 0. The second kappa shape index (κ2) is 3.13. The normalized spacial score (nSPS) is 14.1. The zero-order valence-electron chi connectivity index (χ0n) is 8.53. The molecule has 0 heterocycles. The molecule has 0 atom stereocenters. The molecular weight excluding hydrogens is 182 g/mol. The van der Waals surface area contributed by atoms with Crippen LogP contribution in [0.25, 0.3) is 16.8 Å². The summed E-state index contributed by atoms with van der Waals surface area (Å²) in [4.78, 5) is 0. The summed E-state index contributed by atoms with van der Waals surface area (Å²) in [7, 11) is 0. The number of allylic oxidation sites excluding steroid dienone is 1. The summed E-state index contributed by atoms with van der Waals surface area (Å²) in [5.41, 5.74) is 9.64. The summed E-state index contributed by atoms with van der Waals surface area (Å²) in [5.74, 6) is 0. The monoisotopic (exact) mass is 195 g/mol. The number of nitrogen functional groups attached to an aromatic ring is 1. The molecular formula is C14H13N. The molecule has 0 saturated carbocycles. The van der Waals surface area contributed by atoms with Crippen molar-refractivity contribution in [1.29, 1.82) is 0 Å². The number of nitrogens with two attached hydrogens (primary N) is 1. The van der Waals surface area contributed by atoms with Gasteiger partial charge >= 0.3 is 0 Å². The van der Waals surface area contributed by atoms with E-state index >= 15 is 0 Å². The second-order valence-corrected chi connectivity index (χ2v) is 4.02. The van der Waals surface area contributed by atoms with Crippen LogP contribution in [0.3, 0.4) is 0 Å². The van der Waals surface area contributed by atoms with E-state index in [1.165, 1.54) is 21.9 Å². The number of hydrogen-bond donors (Lipinski definition) is 1. The Kier molecular flexibility index (Phi) is 1.78. The molecule has 0 unspecified atom stereocenters. The Morgan fingerprint density at radius 1 is 1.00 bits per heavy atom. The van der Waals surface area contributed by atoms with Gasteiger partial charge in [-0.1, -0.05) is 36.4 Å². The van der Waals surface area contributed by atoms with Gasteiger partial charge in [-0.25, -0.2) is 0 Å². The van der Waals surface area contributed by atoms with Crippen molar-refractivity contribution in [3.63, 3.8) is 0 Å². The zero-order chi connectivity index (χ0) is 10.3. The molecule has 0 aromatic heterocycles. The van der Waals surface area contributed by atoms with Gasteiger partial charge in [-0.05, 0) is 35.4 Å². The van der Waals surface area contributed by atoms with Crippen molar-refractivity contribution in [2.75, 3.05) is 5.73 Å². The lowest BCUT2D eigenvalue weighted by Gasteiger charge is -2.14. The average molecular weight is 195 g/mol. The first-order valence-electron chi connectivity index (χ1n) is 5.33. The van der Waals surface area contributed by atoms with E-state index < -0.39 is 0 Å². The van der Waals surface area contributed by atoms with Crippen molar-refractivity contribution >= 4 is 22.5 Å². The van der Waals surface area contributed by atoms with Crippen LogP contribution in [0.4, 0.5) is 5.69 Å². The molecule has 0 spiro atoms. The van der Waals surface area contributed by atoms with E-state index in [0.717, 1.165) is 18.5 Å². The van der Waals surface area contributed by atoms with Gasteiger partial charge in [0, 0.05) is 11.1 Å². The third-order valence-corrected chi connectivity index (χ3v) is 3.10. The lowest BCUT2D eigenvalue weighted by atomic mass is 9.91. The number of anilines is 1. The summed E-state index contributed by atoms with van der Waals surface area (Å²) in [6, 6.07) is 10.5. The van der Waals surface area contributed by atoms with Crippen LogP contribution in [-0.2, 0) is 6.42 Å². The summed E-state index contributed by atoms with van der Waals surface area (Å²) in [6.07, 6.45) is 6.72. The maximum Gasteiger partial charge on any atom is 0.0393 e. The Morgan fingerprint density at radius 3 is 2.87 bits per heavy atom. The standard InChI is InChI=1S/C14H13N/c15-14-7-3-6-12-11-5-2-1-4-10(11)8-9-13(12)14/h1,3-4,6-9H,2,5,15H2. The minimum absolute atomic E-state index is 0.879. The number of hydrogen-bond acceptors (Lipinski definition) is 1. The highest BCUT2D eigenvalue weighted by molar-refractivity contribution is 5.97. The summed E-state index contributed by atoms with van der Waals surface area (Å²) in [5, 5.41) is 2.50. The highest BCUT2D eigenvalue weighted by Gasteiger charge is 2.09. The van der Waals surface area contributed by atoms with E-state index in [4.69, 9.17) is 5.73 Å². The fraction of sp³-hybridized carbons (Fsp3) is 0.143. The van der Waals surface area contributed by atoms with Crippen LogP contribution < -0.4 is 5.73 Å². The van der Waals surface area contributed by atoms with Gasteiger partial charge in [-0.15, -0.1) is 0 Å². The topological polar surface area (TPSA) is 26.0 Å². The first-order chi connectivity index (χ1) is 7.36. The first-order valence-corrected chi connectivity index (χ1v) is 5.33. The molecule has 2 N–H and O–H groups in total. The highest BCUT2D eigenvalue weighted by atomic mass is 14.5. The van der Waals surface area contributed by atoms with E-state index in [0.29, 0.717) is 0 Å². The Hall–Kier alpha value is -1.76. The molecule has 3 rings (SSSR count). The Bertz CT molecular complexity index is 553. The Labute approximate surface area is 89.2 Å². The van der Waals surface area contributed by atoms with Crippen LogP contribution in [0.5, 0.6) is 0 Å². The number of rotatable bonds is 0. The summed E-state index contributed by atoms with van der Waals surface area (Å²) < 4.78 is 0. The zero-order valence-corrected chi connectivity index (χ0v) is 8.53. The van der Waals surface area contributed by atoms with E-state index in [9.17, 15) is 0 Å². The predicted molar refractivity (Wildman–Crippen MR) is 65.7 cm³/mol. The van der Waals surface area contributed by atoms with Gasteiger partial charge in [-0.3, -0.25) is 0 Å². The largest absolute Gasteiger partial charge is 0.398 e. The highest BCUT2D eigenvalue weighted by Crippen LogP contribution is 2.30. The maximum absolute atomic E-state index is 5.97. The van der Waals surface area contributed by atoms with Crippen LogP contribution in [0, 0.1) is 0 Å².